The Labute approximate surface area is 213 Å². The van der Waals surface area contributed by atoms with Gasteiger partial charge in [-0.1, -0.05) is 24.6 Å². The highest BCUT2D eigenvalue weighted by atomic mass is 16.4. The van der Waals surface area contributed by atoms with Gasteiger partial charge in [-0.05, 0) is 37.9 Å². The maximum Gasteiger partial charge on any atom is 0.325 e. The molecule has 0 saturated carbocycles. The number of benzene rings is 1. The summed E-state index contributed by atoms with van der Waals surface area (Å²) in [6.45, 7) is 1.70. The summed E-state index contributed by atoms with van der Waals surface area (Å²) in [6.07, 6.45) is 2.41. The minimum absolute atomic E-state index is 0.0275. The molecule has 0 aliphatic rings. The molecule has 2 aromatic rings. The van der Waals surface area contributed by atoms with Crippen LogP contribution in [0.4, 0.5) is 0 Å². The number of rotatable bonds is 15. The number of carbonyl (C=O) groups is 5. The highest BCUT2D eigenvalue weighted by Crippen LogP contribution is 2.19. The monoisotopic (exact) mass is 518 g/mol. The summed E-state index contributed by atoms with van der Waals surface area (Å²) in [4.78, 5) is 64.2. The summed E-state index contributed by atoms with van der Waals surface area (Å²) in [7, 11) is 0. The molecule has 0 spiro atoms. The van der Waals surface area contributed by atoms with Gasteiger partial charge in [0.1, 0.15) is 18.1 Å². The van der Waals surface area contributed by atoms with Crippen LogP contribution in [0, 0.1) is 0 Å². The fourth-order valence-electron chi connectivity index (χ4n) is 3.68. The van der Waals surface area contributed by atoms with Gasteiger partial charge in [0.2, 0.25) is 17.7 Å². The summed E-state index contributed by atoms with van der Waals surface area (Å²) in [5, 5.41) is 26.4. The van der Waals surface area contributed by atoms with Gasteiger partial charge in [-0.3, -0.25) is 24.0 Å². The molecule has 0 aliphatic heterocycles. The van der Waals surface area contributed by atoms with Crippen molar-refractivity contribution < 1.29 is 34.2 Å². The van der Waals surface area contributed by atoms with Crippen molar-refractivity contribution >= 4 is 40.6 Å². The molecule has 10 N–H and O–H groups in total. The molecular weight excluding hydrogens is 484 g/mol. The predicted molar refractivity (Wildman–Crippen MR) is 134 cm³/mol. The van der Waals surface area contributed by atoms with Crippen molar-refractivity contribution in [3.63, 3.8) is 0 Å². The van der Waals surface area contributed by atoms with Crippen LogP contribution in [0.15, 0.2) is 30.5 Å². The third-order valence-electron chi connectivity index (χ3n) is 5.78. The Kier molecular flexibility index (Phi) is 11.0. The number of carbonyl (C=O) groups excluding carboxylic acids is 3. The number of fused-ring (bicyclic) bond motifs is 1. The average molecular weight is 519 g/mol. The van der Waals surface area contributed by atoms with Gasteiger partial charge in [-0.2, -0.15) is 0 Å². The van der Waals surface area contributed by atoms with E-state index in [0.717, 1.165) is 10.9 Å². The van der Waals surface area contributed by atoms with Crippen molar-refractivity contribution in [1.29, 1.82) is 0 Å². The minimum atomic E-state index is -1.51. The van der Waals surface area contributed by atoms with Gasteiger partial charge >= 0.3 is 11.9 Å². The van der Waals surface area contributed by atoms with Crippen molar-refractivity contribution in [2.24, 2.45) is 11.5 Å². The number of carboxylic acid groups (broad SMARTS) is 2. The van der Waals surface area contributed by atoms with Crippen LogP contribution < -0.4 is 27.4 Å². The number of unbranched alkanes of at least 4 members (excludes halogenated alkanes) is 1. The zero-order valence-electron chi connectivity index (χ0n) is 20.5. The standard InChI is InChI=1S/C24H34N6O7/c1-13(24(36)37)28-22(34)18(10-14-12-27-17-8-3-2-6-15(14)17)30-23(35)19(11-20(31)32)29-21(33)16(26)7-4-5-9-25/h2-3,6,8,12-13,16,18-19,27H,4-5,7,9-11,25-26H2,1H3,(H,28,34)(H,29,33)(H,30,35)(H,31,32)(H,36,37). The van der Waals surface area contributed by atoms with E-state index in [9.17, 15) is 29.1 Å². The molecule has 0 bridgehead atoms. The van der Waals surface area contributed by atoms with Crippen LogP contribution in [-0.4, -0.2) is 75.6 Å². The molecule has 3 amide bonds. The topological polar surface area (TPSA) is 230 Å². The Bertz CT molecular complexity index is 1120. The van der Waals surface area contributed by atoms with Gasteiger partial charge in [-0.15, -0.1) is 0 Å². The SMILES string of the molecule is CC(NC(=O)C(Cc1c[nH]c2ccccc12)NC(=O)C(CC(=O)O)NC(=O)C(N)CCCCN)C(=O)O. The molecule has 1 aromatic carbocycles. The molecule has 1 aromatic heterocycles. The molecular formula is C24H34N6O7. The summed E-state index contributed by atoms with van der Waals surface area (Å²) < 4.78 is 0. The summed E-state index contributed by atoms with van der Waals surface area (Å²) in [6, 6.07) is 2.28. The van der Waals surface area contributed by atoms with E-state index in [1.54, 1.807) is 12.3 Å². The average Bonchev–Trinajstić information content (AvgIpc) is 3.25. The van der Waals surface area contributed by atoms with E-state index in [1.807, 2.05) is 18.2 Å². The first kappa shape index (κ1) is 29.3. The van der Waals surface area contributed by atoms with Crippen LogP contribution in [0.2, 0.25) is 0 Å². The van der Waals surface area contributed by atoms with Crippen molar-refractivity contribution in [3.05, 3.63) is 36.0 Å². The molecule has 13 heteroatoms. The predicted octanol–water partition coefficient (Wildman–Crippen LogP) is -0.800. The Morgan fingerprint density at radius 1 is 0.946 bits per heavy atom. The maximum atomic E-state index is 13.1. The van der Waals surface area contributed by atoms with E-state index in [0.29, 0.717) is 31.4 Å². The number of nitrogens with two attached hydrogens (primary N) is 2. The Balaban J connectivity index is 2.23. The minimum Gasteiger partial charge on any atom is -0.481 e. The fourth-order valence-corrected chi connectivity index (χ4v) is 3.68. The molecule has 37 heavy (non-hydrogen) atoms. The Hall–Kier alpha value is -3.97. The van der Waals surface area contributed by atoms with E-state index in [4.69, 9.17) is 16.6 Å². The quantitative estimate of drug-likeness (QED) is 0.138. The molecule has 0 radical (unpaired) electrons. The van der Waals surface area contributed by atoms with Crippen LogP contribution in [0.3, 0.4) is 0 Å². The van der Waals surface area contributed by atoms with Crippen molar-refractivity contribution in [3.8, 4) is 0 Å². The first-order chi connectivity index (χ1) is 17.5. The molecule has 202 valence electrons. The Morgan fingerprint density at radius 3 is 2.24 bits per heavy atom. The molecule has 4 unspecified atom stereocenters. The van der Waals surface area contributed by atoms with Gasteiger partial charge in [0.25, 0.3) is 0 Å². The van der Waals surface area contributed by atoms with Crippen LogP contribution >= 0.6 is 0 Å². The van der Waals surface area contributed by atoms with E-state index in [2.05, 4.69) is 20.9 Å². The number of H-pyrrole nitrogens is 1. The number of aromatic nitrogens is 1. The lowest BCUT2D eigenvalue weighted by atomic mass is 10.0. The largest absolute Gasteiger partial charge is 0.481 e. The summed E-state index contributed by atoms with van der Waals surface area (Å²) in [5.41, 5.74) is 12.8. The van der Waals surface area contributed by atoms with Gasteiger partial charge in [0.05, 0.1) is 12.5 Å². The molecule has 13 nitrogen and oxygen atoms in total. The van der Waals surface area contributed by atoms with Crippen LogP contribution in [-0.2, 0) is 30.4 Å². The fraction of sp³-hybridized carbons (Fsp3) is 0.458. The second-order valence-electron chi connectivity index (χ2n) is 8.74. The van der Waals surface area contributed by atoms with Gasteiger partial charge in [0, 0.05) is 23.5 Å². The number of aliphatic carboxylic acids is 2. The van der Waals surface area contributed by atoms with E-state index in [1.165, 1.54) is 6.92 Å². The number of carboxylic acids is 2. The smallest absolute Gasteiger partial charge is 0.325 e. The van der Waals surface area contributed by atoms with E-state index < -0.39 is 60.2 Å². The summed E-state index contributed by atoms with van der Waals surface area (Å²) in [5.74, 6) is -5.05. The first-order valence-corrected chi connectivity index (χ1v) is 11.9. The zero-order valence-corrected chi connectivity index (χ0v) is 20.5. The number of hydrogen-bond donors (Lipinski definition) is 8. The van der Waals surface area contributed by atoms with Crippen LogP contribution in [0.5, 0.6) is 0 Å². The third-order valence-corrected chi connectivity index (χ3v) is 5.78. The lowest BCUT2D eigenvalue weighted by Gasteiger charge is -2.24. The molecule has 0 saturated heterocycles. The lowest BCUT2D eigenvalue weighted by Crippen LogP contribution is -2.57. The summed E-state index contributed by atoms with van der Waals surface area (Å²) >= 11 is 0. The zero-order chi connectivity index (χ0) is 27.5. The molecule has 2 rings (SSSR count). The number of hydrogen-bond acceptors (Lipinski definition) is 7. The van der Waals surface area contributed by atoms with Crippen molar-refractivity contribution in [2.45, 2.75) is 63.2 Å². The number of aromatic amines is 1. The second-order valence-corrected chi connectivity index (χ2v) is 8.74. The van der Waals surface area contributed by atoms with Crippen LogP contribution in [0.1, 0.15) is 38.2 Å². The van der Waals surface area contributed by atoms with Crippen molar-refractivity contribution in [1.82, 2.24) is 20.9 Å². The molecule has 0 aliphatic carbocycles. The highest BCUT2D eigenvalue weighted by Gasteiger charge is 2.31. The highest BCUT2D eigenvalue weighted by molar-refractivity contribution is 5.96. The van der Waals surface area contributed by atoms with Crippen molar-refractivity contribution in [2.75, 3.05) is 6.54 Å². The molecule has 4 atom stereocenters. The maximum absolute atomic E-state index is 13.1. The molecule has 1 heterocycles. The Morgan fingerprint density at radius 2 is 1.59 bits per heavy atom. The van der Waals surface area contributed by atoms with Crippen LogP contribution in [0.25, 0.3) is 10.9 Å². The third kappa shape index (κ3) is 8.88. The number of amides is 3. The number of nitrogens with one attached hydrogen (secondary N) is 4. The van der Waals surface area contributed by atoms with Gasteiger partial charge < -0.3 is 42.6 Å². The first-order valence-electron chi connectivity index (χ1n) is 11.9. The molecule has 0 fully saturated rings. The van der Waals surface area contributed by atoms with E-state index in [-0.39, 0.29) is 6.42 Å². The lowest BCUT2D eigenvalue weighted by molar-refractivity contribution is -0.143. The second kappa shape index (κ2) is 13.9. The van der Waals surface area contributed by atoms with E-state index >= 15 is 0 Å². The normalized spacial score (nSPS) is 14.2. The van der Waals surface area contributed by atoms with Gasteiger partial charge in [-0.25, -0.2) is 0 Å². The number of para-hydroxylation sites is 1. The van der Waals surface area contributed by atoms with Gasteiger partial charge in [0.15, 0.2) is 0 Å².